The second kappa shape index (κ2) is 4.13. The Morgan fingerprint density at radius 3 is 2.46 bits per heavy atom. The molecular formula is C12H17N. The minimum absolute atomic E-state index is 1.26. The van der Waals surface area contributed by atoms with Crippen LogP contribution in [0.3, 0.4) is 0 Å². The van der Waals surface area contributed by atoms with E-state index in [1.165, 1.54) is 22.0 Å². The van der Waals surface area contributed by atoms with Gasteiger partial charge in [-0.15, -0.1) is 0 Å². The van der Waals surface area contributed by atoms with Gasteiger partial charge in [0.15, 0.2) is 0 Å². The van der Waals surface area contributed by atoms with Gasteiger partial charge in [0.05, 0.1) is 0 Å². The van der Waals surface area contributed by atoms with Crippen molar-refractivity contribution in [2.24, 2.45) is 0 Å². The number of aromatic nitrogens is 1. The molecule has 1 nitrogen and oxygen atoms in total. The van der Waals surface area contributed by atoms with Crippen molar-refractivity contribution < 1.29 is 0 Å². The van der Waals surface area contributed by atoms with Crippen molar-refractivity contribution in [2.75, 3.05) is 0 Å². The van der Waals surface area contributed by atoms with Crippen molar-refractivity contribution in [1.29, 1.82) is 0 Å². The second-order valence-electron chi connectivity index (χ2n) is 3.02. The largest absolute Gasteiger partial charge is 0.361 e. The topological polar surface area (TPSA) is 15.8 Å². The molecule has 1 heteroatoms. The zero-order valence-electron chi connectivity index (χ0n) is 8.81. The van der Waals surface area contributed by atoms with Crippen molar-refractivity contribution in [1.82, 2.24) is 4.98 Å². The molecule has 13 heavy (non-hydrogen) atoms. The van der Waals surface area contributed by atoms with E-state index in [9.17, 15) is 0 Å². The summed E-state index contributed by atoms with van der Waals surface area (Å²) in [5.41, 5.74) is 3.91. The molecule has 70 valence electrons. The number of rotatable bonds is 0. The van der Waals surface area contributed by atoms with E-state index in [1.807, 2.05) is 20.0 Å². The van der Waals surface area contributed by atoms with E-state index in [2.05, 4.69) is 37.0 Å². The van der Waals surface area contributed by atoms with Crippen LogP contribution >= 0.6 is 0 Å². The molecule has 1 heterocycles. The number of H-pyrrole nitrogens is 1. The van der Waals surface area contributed by atoms with Crippen LogP contribution in [0, 0.1) is 13.8 Å². The quantitative estimate of drug-likeness (QED) is 0.626. The maximum absolute atomic E-state index is 3.22. The number of hydrogen-bond acceptors (Lipinski definition) is 0. The number of fused-ring (bicyclic) bond motifs is 1. The van der Waals surface area contributed by atoms with E-state index in [-0.39, 0.29) is 0 Å². The molecule has 2 aromatic rings. The molecule has 0 fully saturated rings. The number of benzene rings is 1. The summed E-state index contributed by atoms with van der Waals surface area (Å²) in [6.45, 7) is 8.26. The van der Waals surface area contributed by atoms with Gasteiger partial charge in [-0.3, -0.25) is 0 Å². The first-order valence-corrected chi connectivity index (χ1v) is 4.82. The number of hydrogen-bond donors (Lipinski definition) is 1. The Labute approximate surface area is 79.8 Å². The molecule has 0 saturated heterocycles. The molecule has 0 radical (unpaired) electrons. The SMILES string of the molecule is CC.Cc1cc(C)c2[nH]ccc2c1. The lowest BCUT2D eigenvalue weighted by Crippen LogP contribution is -1.78. The van der Waals surface area contributed by atoms with Gasteiger partial charge in [-0.05, 0) is 36.9 Å². The molecule has 1 N–H and O–H groups in total. The standard InChI is InChI=1S/C10H11N.C2H6/c1-7-5-8(2)10-9(6-7)3-4-11-10;1-2/h3-6,11H,1-2H3;1-2H3. The fourth-order valence-electron chi connectivity index (χ4n) is 1.54. The molecule has 1 aromatic heterocycles. The van der Waals surface area contributed by atoms with Gasteiger partial charge < -0.3 is 4.98 Å². The van der Waals surface area contributed by atoms with Gasteiger partial charge in [0.25, 0.3) is 0 Å². The van der Waals surface area contributed by atoms with Crippen LogP contribution in [0.1, 0.15) is 25.0 Å². The molecule has 2 rings (SSSR count). The number of nitrogens with one attached hydrogen (secondary N) is 1. The highest BCUT2D eigenvalue weighted by molar-refractivity contribution is 5.83. The minimum atomic E-state index is 1.26. The number of aromatic amines is 1. The Morgan fingerprint density at radius 1 is 1.08 bits per heavy atom. The van der Waals surface area contributed by atoms with Gasteiger partial charge in [0.1, 0.15) is 0 Å². The van der Waals surface area contributed by atoms with Crippen molar-refractivity contribution in [3.63, 3.8) is 0 Å². The molecule has 0 aliphatic carbocycles. The lowest BCUT2D eigenvalue weighted by atomic mass is 10.1. The fourth-order valence-corrected chi connectivity index (χ4v) is 1.54. The molecule has 0 bridgehead atoms. The summed E-state index contributed by atoms with van der Waals surface area (Å²) >= 11 is 0. The number of aryl methyl sites for hydroxylation is 2. The van der Waals surface area contributed by atoms with E-state index in [0.29, 0.717) is 0 Å². The van der Waals surface area contributed by atoms with Crippen molar-refractivity contribution >= 4 is 10.9 Å². The average molecular weight is 175 g/mol. The summed E-state index contributed by atoms with van der Waals surface area (Å²) in [7, 11) is 0. The van der Waals surface area contributed by atoms with Crippen LogP contribution in [-0.4, -0.2) is 4.98 Å². The average Bonchev–Trinajstić information content (AvgIpc) is 2.55. The van der Waals surface area contributed by atoms with Gasteiger partial charge >= 0.3 is 0 Å². The summed E-state index contributed by atoms with van der Waals surface area (Å²) in [6.07, 6.45) is 1.98. The normalized spacial score (nSPS) is 9.54. The highest BCUT2D eigenvalue weighted by Gasteiger charge is 1.97. The monoisotopic (exact) mass is 175 g/mol. The van der Waals surface area contributed by atoms with Gasteiger partial charge in [0, 0.05) is 11.7 Å². The summed E-state index contributed by atoms with van der Waals surface area (Å²) in [6, 6.07) is 6.49. The van der Waals surface area contributed by atoms with Crippen LogP contribution in [0.25, 0.3) is 10.9 Å². The maximum atomic E-state index is 3.22. The molecule has 0 atom stereocenters. The zero-order valence-corrected chi connectivity index (χ0v) is 8.81. The molecule has 0 saturated carbocycles. The third-order valence-corrected chi connectivity index (χ3v) is 2.00. The predicted octanol–water partition coefficient (Wildman–Crippen LogP) is 3.81. The van der Waals surface area contributed by atoms with Crippen LogP contribution in [-0.2, 0) is 0 Å². The van der Waals surface area contributed by atoms with E-state index in [0.717, 1.165) is 0 Å². The smallest absolute Gasteiger partial charge is 0.0483 e. The Balaban J connectivity index is 0.000000396. The summed E-state index contributed by atoms with van der Waals surface area (Å²) in [5.74, 6) is 0. The highest BCUT2D eigenvalue weighted by atomic mass is 14.7. The molecule has 0 aliphatic heterocycles. The first kappa shape index (κ1) is 9.85. The molecule has 0 spiro atoms. The Morgan fingerprint density at radius 2 is 1.77 bits per heavy atom. The van der Waals surface area contributed by atoms with Crippen LogP contribution in [0.15, 0.2) is 24.4 Å². The van der Waals surface area contributed by atoms with E-state index < -0.39 is 0 Å². The maximum Gasteiger partial charge on any atom is 0.0483 e. The molecule has 0 amide bonds. The second-order valence-corrected chi connectivity index (χ2v) is 3.02. The highest BCUT2D eigenvalue weighted by Crippen LogP contribution is 2.18. The Hall–Kier alpha value is -1.24. The zero-order chi connectivity index (χ0) is 9.84. The van der Waals surface area contributed by atoms with Gasteiger partial charge in [-0.2, -0.15) is 0 Å². The Kier molecular flexibility index (Phi) is 3.13. The van der Waals surface area contributed by atoms with Gasteiger partial charge in [-0.1, -0.05) is 25.5 Å². The third kappa shape index (κ3) is 1.92. The Bertz CT molecular complexity index is 385. The van der Waals surface area contributed by atoms with Gasteiger partial charge in [0.2, 0.25) is 0 Å². The van der Waals surface area contributed by atoms with Crippen LogP contribution < -0.4 is 0 Å². The van der Waals surface area contributed by atoms with E-state index in [1.54, 1.807) is 0 Å². The van der Waals surface area contributed by atoms with Crippen LogP contribution in [0.5, 0.6) is 0 Å². The summed E-state index contributed by atoms with van der Waals surface area (Å²) < 4.78 is 0. The lowest BCUT2D eigenvalue weighted by Gasteiger charge is -1.97. The lowest BCUT2D eigenvalue weighted by molar-refractivity contribution is 1.38. The molecule has 0 aliphatic rings. The summed E-state index contributed by atoms with van der Waals surface area (Å²) in [4.78, 5) is 3.22. The van der Waals surface area contributed by atoms with E-state index >= 15 is 0 Å². The van der Waals surface area contributed by atoms with Crippen LogP contribution in [0.2, 0.25) is 0 Å². The molecule has 1 aromatic carbocycles. The fraction of sp³-hybridized carbons (Fsp3) is 0.333. The first-order valence-electron chi connectivity index (χ1n) is 4.82. The van der Waals surface area contributed by atoms with Crippen LogP contribution in [0.4, 0.5) is 0 Å². The van der Waals surface area contributed by atoms with Gasteiger partial charge in [-0.25, -0.2) is 0 Å². The summed E-state index contributed by atoms with van der Waals surface area (Å²) in [5, 5.41) is 1.31. The minimum Gasteiger partial charge on any atom is -0.361 e. The van der Waals surface area contributed by atoms with Crippen molar-refractivity contribution in [3.8, 4) is 0 Å². The molecule has 0 unspecified atom stereocenters. The third-order valence-electron chi connectivity index (χ3n) is 2.00. The first-order chi connectivity index (χ1) is 6.27. The molecular weight excluding hydrogens is 158 g/mol. The van der Waals surface area contributed by atoms with E-state index in [4.69, 9.17) is 0 Å². The van der Waals surface area contributed by atoms with Crippen molar-refractivity contribution in [3.05, 3.63) is 35.5 Å². The predicted molar refractivity (Wildman–Crippen MR) is 59.1 cm³/mol. The van der Waals surface area contributed by atoms with Crippen molar-refractivity contribution in [2.45, 2.75) is 27.7 Å².